The topological polar surface area (TPSA) is 76.8 Å². The number of amides is 1. The van der Waals surface area contributed by atoms with E-state index in [9.17, 15) is 9.18 Å². The third-order valence-electron chi connectivity index (χ3n) is 4.81. The van der Waals surface area contributed by atoms with Crippen molar-refractivity contribution in [1.82, 2.24) is 29.6 Å². The minimum Gasteiger partial charge on any atom is -0.338 e. The van der Waals surface area contributed by atoms with E-state index in [-0.39, 0.29) is 11.7 Å². The summed E-state index contributed by atoms with van der Waals surface area (Å²) in [5, 5.41) is 11.7. The van der Waals surface area contributed by atoms with Gasteiger partial charge in [-0.25, -0.2) is 9.37 Å². The highest BCUT2D eigenvalue weighted by molar-refractivity contribution is 7.98. The molecule has 0 aliphatic heterocycles. The summed E-state index contributed by atoms with van der Waals surface area (Å²) in [7, 11) is 0. The van der Waals surface area contributed by atoms with Gasteiger partial charge in [-0.1, -0.05) is 23.9 Å². The van der Waals surface area contributed by atoms with Crippen molar-refractivity contribution in [2.75, 3.05) is 13.1 Å². The molecule has 1 aromatic carbocycles. The maximum absolute atomic E-state index is 14.7. The van der Waals surface area contributed by atoms with Gasteiger partial charge in [-0.2, -0.15) is 0 Å². The number of para-hydroxylation sites is 1. The highest BCUT2D eigenvalue weighted by atomic mass is 32.2. The summed E-state index contributed by atoms with van der Waals surface area (Å²) >= 11 is 2.82. The molecule has 4 aromatic rings. The molecular formula is C22H21FN6OS2. The second kappa shape index (κ2) is 10.0. The second-order valence-electron chi connectivity index (χ2n) is 6.72. The van der Waals surface area contributed by atoms with Gasteiger partial charge in [0.1, 0.15) is 16.5 Å². The van der Waals surface area contributed by atoms with Crippen LogP contribution in [0.5, 0.6) is 0 Å². The Morgan fingerprint density at radius 2 is 1.88 bits per heavy atom. The first-order valence-corrected chi connectivity index (χ1v) is 12.0. The van der Waals surface area contributed by atoms with Gasteiger partial charge in [0.05, 0.1) is 11.4 Å². The van der Waals surface area contributed by atoms with E-state index in [1.54, 1.807) is 45.4 Å². The number of benzene rings is 1. The minimum absolute atomic E-state index is 0.0722. The Hall–Kier alpha value is -3.11. The molecule has 0 bridgehead atoms. The number of hydrogen-bond acceptors (Lipinski definition) is 7. The lowest BCUT2D eigenvalue weighted by molar-refractivity contribution is 0.0768. The van der Waals surface area contributed by atoms with Crippen molar-refractivity contribution in [3.8, 4) is 17.1 Å². The van der Waals surface area contributed by atoms with Crippen molar-refractivity contribution < 1.29 is 9.18 Å². The Balaban J connectivity index is 1.62. The second-order valence-corrected chi connectivity index (χ2v) is 8.61. The van der Waals surface area contributed by atoms with Crippen molar-refractivity contribution in [2.24, 2.45) is 0 Å². The third-order valence-corrected chi connectivity index (χ3v) is 6.78. The molecule has 0 saturated heterocycles. The Bertz CT molecular complexity index is 1210. The highest BCUT2D eigenvalue weighted by Crippen LogP contribution is 2.31. The summed E-state index contributed by atoms with van der Waals surface area (Å²) in [6.07, 6.45) is 3.32. The average Bonchev–Trinajstić information content (AvgIpc) is 3.46. The molecule has 0 aliphatic rings. The quantitative estimate of drug-likeness (QED) is 0.349. The van der Waals surface area contributed by atoms with E-state index < -0.39 is 0 Å². The van der Waals surface area contributed by atoms with Gasteiger partial charge in [-0.05, 0) is 38.1 Å². The summed E-state index contributed by atoms with van der Waals surface area (Å²) in [6.45, 7) is 5.17. The number of rotatable bonds is 8. The molecule has 0 aliphatic carbocycles. The zero-order chi connectivity index (χ0) is 22.5. The standard InChI is InChI=1S/C22H21FN6OS2/c1-3-28(4-2)21(30)17-13-31-19(25-17)14-32-22-27-26-20(15-9-11-24-12-10-15)29(22)18-8-6-5-7-16(18)23/h5-13H,3-4,14H2,1-2H3. The van der Waals surface area contributed by atoms with E-state index in [4.69, 9.17) is 0 Å². The zero-order valence-corrected chi connectivity index (χ0v) is 19.2. The predicted octanol–water partition coefficient (Wildman–Crippen LogP) is 4.70. The number of halogens is 1. The number of carbonyl (C=O) groups is 1. The van der Waals surface area contributed by atoms with Gasteiger partial charge in [0.2, 0.25) is 0 Å². The molecule has 10 heteroatoms. The molecule has 0 fully saturated rings. The minimum atomic E-state index is -0.370. The lowest BCUT2D eigenvalue weighted by Gasteiger charge is -2.16. The van der Waals surface area contributed by atoms with Gasteiger partial charge >= 0.3 is 0 Å². The Morgan fingerprint density at radius 1 is 1.12 bits per heavy atom. The van der Waals surface area contributed by atoms with E-state index in [1.165, 1.54) is 29.2 Å². The molecule has 7 nitrogen and oxygen atoms in total. The molecule has 0 unspecified atom stereocenters. The zero-order valence-electron chi connectivity index (χ0n) is 17.6. The smallest absolute Gasteiger partial charge is 0.273 e. The molecule has 3 heterocycles. The normalized spacial score (nSPS) is 11.0. The number of carbonyl (C=O) groups excluding carboxylic acids is 1. The Kier molecular flexibility index (Phi) is 6.91. The summed E-state index contributed by atoms with van der Waals surface area (Å²) in [6, 6.07) is 10.1. The predicted molar refractivity (Wildman–Crippen MR) is 123 cm³/mol. The fraction of sp³-hybridized carbons (Fsp3) is 0.227. The molecule has 0 radical (unpaired) electrons. The summed E-state index contributed by atoms with van der Waals surface area (Å²) in [5.41, 5.74) is 1.59. The van der Waals surface area contributed by atoms with Gasteiger partial charge in [0.15, 0.2) is 11.0 Å². The van der Waals surface area contributed by atoms with Crippen LogP contribution >= 0.6 is 23.1 Å². The van der Waals surface area contributed by atoms with E-state index in [2.05, 4.69) is 20.2 Å². The van der Waals surface area contributed by atoms with Crippen LogP contribution in [0.25, 0.3) is 17.1 Å². The highest BCUT2D eigenvalue weighted by Gasteiger charge is 2.20. The lowest BCUT2D eigenvalue weighted by Crippen LogP contribution is -2.30. The molecule has 0 N–H and O–H groups in total. The fourth-order valence-corrected chi connectivity index (χ4v) is 4.91. The van der Waals surface area contributed by atoms with Crippen LogP contribution in [0.4, 0.5) is 4.39 Å². The van der Waals surface area contributed by atoms with Crippen LogP contribution in [0.2, 0.25) is 0 Å². The van der Waals surface area contributed by atoms with Crippen LogP contribution in [0.1, 0.15) is 29.3 Å². The number of nitrogens with zero attached hydrogens (tertiary/aromatic N) is 6. The molecule has 4 rings (SSSR count). The Morgan fingerprint density at radius 3 is 2.59 bits per heavy atom. The first-order valence-electron chi connectivity index (χ1n) is 10.1. The SMILES string of the molecule is CCN(CC)C(=O)c1csc(CSc2nnc(-c3ccncc3)n2-c2ccccc2F)n1. The van der Waals surface area contributed by atoms with E-state index in [0.29, 0.717) is 41.2 Å². The number of thiazole rings is 1. The summed E-state index contributed by atoms with van der Waals surface area (Å²) < 4.78 is 16.4. The maximum Gasteiger partial charge on any atom is 0.273 e. The molecule has 164 valence electrons. The van der Waals surface area contributed by atoms with Crippen LogP contribution in [0.15, 0.2) is 59.3 Å². The van der Waals surface area contributed by atoms with Crippen LogP contribution < -0.4 is 0 Å². The molecule has 3 aromatic heterocycles. The largest absolute Gasteiger partial charge is 0.338 e. The number of pyridine rings is 1. The van der Waals surface area contributed by atoms with Crippen LogP contribution in [0.3, 0.4) is 0 Å². The van der Waals surface area contributed by atoms with E-state index in [0.717, 1.165) is 10.6 Å². The van der Waals surface area contributed by atoms with Gasteiger partial charge in [-0.15, -0.1) is 21.5 Å². The van der Waals surface area contributed by atoms with Crippen molar-refractivity contribution in [2.45, 2.75) is 24.8 Å². The molecule has 0 spiro atoms. The van der Waals surface area contributed by atoms with E-state index in [1.807, 2.05) is 26.0 Å². The number of aromatic nitrogens is 5. The van der Waals surface area contributed by atoms with Gasteiger partial charge in [0, 0.05) is 36.4 Å². The molecular weight excluding hydrogens is 447 g/mol. The van der Waals surface area contributed by atoms with Gasteiger partial charge < -0.3 is 4.90 Å². The van der Waals surface area contributed by atoms with Crippen molar-refractivity contribution in [3.63, 3.8) is 0 Å². The monoisotopic (exact) mass is 468 g/mol. The van der Waals surface area contributed by atoms with Crippen molar-refractivity contribution in [3.05, 3.63) is 70.7 Å². The lowest BCUT2D eigenvalue weighted by atomic mass is 10.2. The van der Waals surface area contributed by atoms with Gasteiger partial charge in [0.25, 0.3) is 5.91 Å². The maximum atomic E-state index is 14.7. The average molecular weight is 469 g/mol. The molecule has 1 amide bonds. The first-order chi connectivity index (χ1) is 15.6. The number of thioether (sulfide) groups is 1. The first kappa shape index (κ1) is 22.1. The third kappa shape index (κ3) is 4.56. The van der Waals surface area contributed by atoms with Crippen LogP contribution in [-0.2, 0) is 5.75 Å². The molecule has 32 heavy (non-hydrogen) atoms. The van der Waals surface area contributed by atoms with E-state index >= 15 is 0 Å². The van der Waals surface area contributed by atoms with Crippen molar-refractivity contribution >= 4 is 29.0 Å². The summed E-state index contributed by atoms with van der Waals surface area (Å²) in [4.78, 5) is 22.8. The summed E-state index contributed by atoms with van der Waals surface area (Å²) in [5.74, 6) is 0.568. The van der Waals surface area contributed by atoms with Crippen LogP contribution in [-0.4, -0.2) is 48.6 Å². The fourth-order valence-electron chi connectivity index (χ4n) is 3.18. The van der Waals surface area contributed by atoms with Gasteiger partial charge in [-0.3, -0.25) is 14.3 Å². The molecule has 0 saturated carbocycles. The van der Waals surface area contributed by atoms with Crippen molar-refractivity contribution in [1.29, 1.82) is 0 Å². The number of hydrogen-bond donors (Lipinski definition) is 0. The van der Waals surface area contributed by atoms with Crippen LogP contribution in [0, 0.1) is 5.82 Å². The molecule has 0 atom stereocenters. The Labute approximate surface area is 193 Å².